The van der Waals surface area contributed by atoms with Crippen molar-refractivity contribution < 1.29 is 14.1 Å². The van der Waals surface area contributed by atoms with E-state index >= 15 is 0 Å². The zero-order chi connectivity index (χ0) is 19.6. The second-order valence-electron chi connectivity index (χ2n) is 5.34. The van der Waals surface area contributed by atoms with Crippen LogP contribution in [0.1, 0.15) is 10.4 Å². The van der Waals surface area contributed by atoms with E-state index in [1.54, 1.807) is 11.6 Å². The number of anilines is 1. The minimum Gasteiger partial charge on any atom is -0.321 e. The maximum atomic E-state index is 13.1. The van der Waals surface area contributed by atoms with Crippen molar-refractivity contribution in [1.82, 2.24) is 14.8 Å². The van der Waals surface area contributed by atoms with Crippen molar-refractivity contribution in [2.75, 3.05) is 5.32 Å². The molecule has 1 aromatic heterocycles. The number of halogens is 2. The van der Waals surface area contributed by atoms with Crippen LogP contribution in [0, 0.1) is 15.9 Å². The molecule has 3 aromatic rings. The monoisotopic (exact) mass is 407 g/mol. The van der Waals surface area contributed by atoms with Gasteiger partial charge in [0.1, 0.15) is 12.1 Å². The Hall–Kier alpha value is -2.98. The third kappa shape index (κ3) is 4.23. The summed E-state index contributed by atoms with van der Waals surface area (Å²) in [5.41, 5.74) is 0.00789. The third-order valence-electron chi connectivity index (χ3n) is 3.47. The Kier molecular flexibility index (Phi) is 5.38. The fourth-order valence-corrected chi connectivity index (χ4v) is 3.20. The van der Waals surface area contributed by atoms with Crippen LogP contribution >= 0.6 is 23.4 Å². The number of aromatic nitrogens is 3. The molecule has 0 bridgehead atoms. The zero-order valence-electron chi connectivity index (χ0n) is 13.7. The molecular formula is C16H11ClFN5O3S. The van der Waals surface area contributed by atoms with Crippen LogP contribution in [-0.4, -0.2) is 25.6 Å². The number of hydrogen-bond acceptors (Lipinski definition) is 6. The van der Waals surface area contributed by atoms with Gasteiger partial charge in [0.2, 0.25) is 0 Å². The van der Waals surface area contributed by atoms with Gasteiger partial charge < -0.3 is 9.88 Å². The number of hydrogen-bond donors (Lipinski definition) is 1. The number of carbonyl (C=O) groups is 1. The van der Waals surface area contributed by atoms with Crippen LogP contribution in [0.25, 0.3) is 0 Å². The molecule has 1 amide bonds. The number of nitro groups is 1. The van der Waals surface area contributed by atoms with E-state index in [2.05, 4.69) is 15.5 Å². The van der Waals surface area contributed by atoms with E-state index in [-0.39, 0.29) is 22.0 Å². The first kappa shape index (κ1) is 18.8. The summed E-state index contributed by atoms with van der Waals surface area (Å²) < 4.78 is 14.7. The van der Waals surface area contributed by atoms with Crippen LogP contribution in [0.4, 0.5) is 15.8 Å². The topological polar surface area (TPSA) is 103 Å². The van der Waals surface area contributed by atoms with E-state index in [1.165, 1.54) is 24.5 Å². The molecule has 0 aliphatic rings. The van der Waals surface area contributed by atoms with Gasteiger partial charge in [-0.25, -0.2) is 4.39 Å². The number of rotatable bonds is 5. The van der Waals surface area contributed by atoms with Gasteiger partial charge in [-0.15, -0.1) is 10.2 Å². The Balaban J connectivity index is 1.88. The molecule has 11 heteroatoms. The highest BCUT2D eigenvalue weighted by Crippen LogP contribution is 2.34. The average Bonchev–Trinajstić information content (AvgIpc) is 3.02. The molecule has 0 aliphatic carbocycles. The molecular weight excluding hydrogens is 397 g/mol. The summed E-state index contributed by atoms with van der Waals surface area (Å²) in [6, 6.07) is 7.57. The maximum absolute atomic E-state index is 13.1. The molecule has 0 atom stereocenters. The van der Waals surface area contributed by atoms with E-state index < -0.39 is 16.6 Å². The van der Waals surface area contributed by atoms with Crippen molar-refractivity contribution in [3.05, 3.63) is 69.2 Å². The van der Waals surface area contributed by atoms with Gasteiger partial charge in [0.15, 0.2) is 5.16 Å². The molecule has 138 valence electrons. The second kappa shape index (κ2) is 7.72. The predicted molar refractivity (Wildman–Crippen MR) is 97.6 cm³/mol. The first-order valence-electron chi connectivity index (χ1n) is 7.42. The second-order valence-corrected chi connectivity index (χ2v) is 6.76. The number of benzene rings is 2. The fourth-order valence-electron chi connectivity index (χ4n) is 2.14. The largest absolute Gasteiger partial charge is 0.321 e. The maximum Gasteiger partial charge on any atom is 0.284 e. The standard InChI is InChI=1S/C16H11ClFN5O3S/c1-22-8-19-21-16(22)27-14-5-2-9(6-13(14)23(25)26)15(24)20-12-4-3-10(18)7-11(12)17/h2-8H,1H3,(H,20,24). The van der Waals surface area contributed by atoms with Crippen LogP contribution in [0.15, 0.2) is 52.8 Å². The van der Waals surface area contributed by atoms with Gasteiger partial charge in [0, 0.05) is 18.7 Å². The molecule has 0 radical (unpaired) electrons. The lowest BCUT2D eigenvalue weighted by atomic mass is 10.2. The van der Waals surface area contributed by atoms with E-state index in [9.17, 15) is 19.3 Å². The Labute approximate surface area is 161 Å². The normalized spacial score (nSPS) is 10.6. The van der Waals surface area contributed by atoms with Crippen LogP contribution in [0.3, 0.4) is 0 Å². The number of aryl methyl sites for hydroxylation is 1. The van der Waals surface area contributed by atoms with Gasteiger partial charge in [0.25, 0.3) is 11.6 Å². The Morgan fingerprint density at radius 3 is 2.74 bits per heavy atom. The lowest BCUT2D eigenvalue weighted by Crippen LogP contribution is -2.12. The van der Waals surface area contributed by atoms with E-state index in [0.29, 0.717) is 10.1 Å². The van der Waals surface area contributed by atoms with Crippen molar-refractivity contribution in [3.63, 3.8) is 0 Å². The first-order chi connectivity index (χ1) is 12.8. The predicted octanol–water partition coefficient (Wildman–Crippen LogP) is 3.92. The molecule has 3 rings (SSSR count). The summed E-state index contributed by atoms with van der Waals surface area (Å²) >= 11 is 6.94. The number of amides is 1. The van der Waals surface area contributed by atoms with Crippen molar-refractivity contribution in [3.8, 4) is 0 Å². The van der Waals surface area contributed by atoms with Crippen molar-refractivity contribution >= 4 is 40.6 Å². The highest BCUT2D eigenvalue weighted by Gasteiger charge is 2.20. The Morgan fingerprint density at radius 2 is 2.11 bits per heavy atom. The van der Waals surface area contributed by atoms with E-state index in [4.69, 9.17) is 11.6 Å². The molecule has 1 heterocycles. The minimum atomic E-state index is -0.609. The molecule has 1 N–H and O–H groups in total. The quantitative estimate of drug-likeness (QED) is 0.508. The number of nitrogens with one attached hydrogen (secondary N) is 1. The fraction of sp³-hybridized carbons (Fsp3) is 0.0625. The summed E-state index contributed by atoms with van der Waals surface area (Å²) in [5, 5.41) is 22.0. The average molecular weight is 408 g/mol. The molecule has 2 aromatic carbocycles. The number of nitrogens with zero attached hydrogens (tertiary/aromatic N) is 4. The minimum absolute atomic E-state index is 0.0207. The van der Waals surface area contributed by atoms with Crippen molar-refractivity contribution in [1.29, 1.82) is 0 Å². The van der Waals surface area contributed by atoms with Gasteiger partial charge in [-0.1, -0.05) is 11.6 Å². The summed E-state index contributed by atoms with van der Waals surface area (Å²) in [6.45, 7) is 0. The number of nitro benzene ring substituents is 1. The lowest BCUT2D eigenvalue weighted by Gasteiger charge is -2.08. The molecule has 0 saturated heterocycles. The van der Waals surface area contributed by atoms with Gasteiger partial charge in [-0.05, 0) is 42.1 Å². The lowest BCUT2D eigenvalue weighted by molar-refractivity contribution is -0.387. The summed E-state index contributed by atoms with van der Waals surface area (Å²) in [7, 11) is 1.71. The van der Waals surface area contributed by atoms with Crippen LogP contribution in [-0.2, 0) is 7.05 Å². The van der Waals surface area contributed by atoms with Gasteiger partial charge in [-0.3, -0.25) is 14.9 Å². The SMILES string of the molecule is Cn1cnnc1Sc1ccc(C(=O)Nc2ccc(F)cc2Cl)cc1[N+](=O)[O-]. The van der Waals surface area contributed by atoms with E-state index in [1.807, 2.05) is 0 Å². The van der Waals surface area contributed by atoms with Crippen LogP contribution < -0.4 is 5.32 Å². The molecule has 0 spiro atoms. The third-order valence-corrected chi connectivity index (χ3v) is 4.90. The molecule has 0 aliphatic heterocycles. The summed E-state index contributed by atoms with van der Waals surface area (Å²) in [6.07, 6.45) is 1.47. The van der Waals surface area contributed by atoms with Crippen LogP contribution in [0.5, 0.6) is 0 Å². The smallest absolute Gasteiger partial charge is 0.284 e. The highest BCUT2D eigenvalue weighted by atomic mass is 35.5. The molecule has 0 fully saturated rings. The molecule has 0 unspecified atom stereocenters. The van der Waals surface area contributed by atoms with Crippen molar-refractivity contribution in [2.45, 2.75) is 10.1 Å². The number of carbonyl (C=O) groups excluding carboxylic acids is 1. The molecule has 8 nitrogen and oxygen atoms in total. The summed E-state index contributed by atoms with van der Waals surface area (Å²) in [5.74, 6) is -1.15. The Bertz CT molecular complexity index is 1040. The van der Waals surface area contributed by atoms with Gasteiger partial charge >= 0.3 is 0 Å². The molecule has 0 saturated carbocycles. The summed E-state index contributed by atoms with van der Waals surface area (Å²) in [4.78, 5) is 23.5. The van der Waals surface area contributed by atoms with Gasteiger partial charge in [-0.2, -0.15) is 0 Å². The first-order valence-corrected chi connectivity index (χ1v) is 8.61. The van der Waals surface area contributed by atoms with Gasteiger partial charge in [0.05, 0.1) is 20.5 Å². The highest BCUT2D eigenvalue weighted by molar-refractivity contribution is 7.99. The Morgan fingerprint density at radius 1 is 1.33 bits per heavy atom. The zero-order valence-corrected chi connectivity index (χ0v) is 15.3. The van der Waals surface area contributed by atoms with Crippen molar-refractivity contribution in [2.24, 2.45) is 7.05 Å². The van der Waals surface area contributed by atoms with E-state index in [0.717, 1.165) is 30.0 Å². The van der Waals surface area contributed by atoms with Crippen LogP contribution in [0.2, 0.25) is 5.02 Å². The molecule has 27 heavy (non-hydrogen) atoms.